The molecular formula is C60H100N2O6P+. The fraction of sp³-hybridized carbons (Fsp3) is 0.583. The lowest BCUT2D eigenvalue weighted by Crippen LogP contribution is -2.45. The minimum atomic E-state index is -4.36. The van der Waals surface area contributed by atoms with E-state index >= 15 is 0 Å². The molecule has 0 bridgehead atoms. The molecule has 9 heteroatoms. The van der Waals surface area contributed by atoms with Crippen molar-refractivity contribution in [3.8, 4) is 0 Å². The fourth-order valence-electron chi connectivity index (χ4n) is 6.61. The molecule has 1 amide bonds. The number of phosphoric acid groups is 1. The van der Waals surface area contributed by atoms with Gasteiger partial charge in [0.05, 0.1) is 39.9 Å². The average Bonchev–Trinajstić information content (AvgIpc) is 3.31. The number of hydrogen-bond donors (Lipinski definition) is 3. The maximum Gasteiger partial charge on any atom is 0.472 e. The summed E-state index contributed by atoms with van der Waals surface area (Å²) in [5.74, 6) is -0.212. The maximum atomic E-state index is 12.9. The van der Waals surface area contributed by atoms with Crippen LogP contribution in [0.5, 0.6) is 0 Å². The first-order chi connectivity index (χ1) is 33.5. The quantitative estimate of drug-likeness (QED) is 0.0243. The summed E-state index contributed by atoms with van der Waals surface area (Å²) in [5.41, 5.74) is 0. The van der Waals surface area contributed by atoms with Crippen molar-refractivity contribution in [2.24, 2.45) is 0 Å². The second-order valence-corrected chi connectivity index (χ2v) is 20.0. The minimum Gasteiger partial charge on any atom is -0.387 e. The summed E-state index contributed by atoms with van der Waals surface area (Å²) in [6.07, 6.45) is 76.7. The van der Waals surface area contributed by atoms with Gasteiger partial charge in [0.1, 0.15) is 13.2 Å². The van der Waals surface area contributed by atoms with Crippen LogP contribution in [0.2, 0.25) is 0 Å². The van der Waals surface area contributed by atoms with Gasteiger partial charge in [0.2, 0.25) is 5.91 Å². The summed E-state index contributed by atoms with van der Waals surface area (Å²) in [4.78, 5) is 23.1. The SMILES string of the molecule is CC/C=C\C/C=C\C/C=C\C/C=C\C/C=C\C/C=C\C/C=C\C/C=C\C/C=C\C/C=C\CCCCCCCCC(=O)NC(COP(=O)(O)OCC[N+](C)(C)C)C(O)/C=C/CC/C=C/CCCCCC. The second-order valence-electron chi connectivity index (χ2n) is 18.5. The van der Waals surface area contributed by atoms with Crippen molar-refractivity contribution in [2.75, 3.05) is 40.9 Å². The number of amides is 1. The van der Waals surface area contributed by atoms with Crippen LogP contribution in [0.4, 0.5) is 0 Å². The first-order valence-electron chi connectivity index (χ1n) is 26.7. The molecule has 69 heavy (non-hydrogen) atoms. The molecule has 0 aliphatic carbocycles. The molecule has 3 unspecified atom stereocenters. The summed E-state index contributed by atoms with van der Waals surface area (Å²) in [6, 6.07) is -0.880. The Morgan fingerprint density at radius 3 is 1.33 bits per heavy atom. The van der Waals surface area contributed by atoms with Gasteiger partial charge in [-0.25, -0.2) is 4.57 Å². The minimum absolute atomic E-state index is 0.0446. The monoisotopic (exact) mass is 976 g/mol. The largest absolute Gasteiger partial charge is 0.472 e. The number of phosphoric ester groups is 1. The topological polar surface area (TPSA) is 105 Å². The number of aliphatic hydroxyl groups is 1. The molecule has 0 aliphatic rings. The highest BCUT2D eigenvalue weighted by atomic mass is 31.2. The molecule has 8 nitrogen and oxygen atoms in total. The van der Waals surface area contributed by atoms with Crippen LogP contribution in [-0.4, -0.2) is 73.4 Å². The van der Waals surface area contributed by atoms with E-state index in [1.54, 1.807) is 6.08 Å². The smallest absolute Gasteiger partial charge is 0.387 e. The van der Waals surface area contributed by atoms with Crippen molar-refractivity contribution in [3.05, 3.63) is 146 Å². The van der Waals surface area contributed by atoms with Crippen molar-refractivity contribution in [3.63, 3.8) is 0 Å². The van der Waals surface area contributed by atoms with Gasteiger partial charge in [-0.2, -0.15) is 0 Å². The average molecular weight is 976 g/mol. The third-order valence-electron chi connectivity index (χ3n) is 10.8. The molecule has 0 saturated carbocycles. The summed E-state index contributed by atoms with van der Waals surface area (Å²) in [6.45, 7) is 4.59. The Labute approximate surface area is 423 Å². The summed E-state index contributed by atoms with van der Waals surface area (Å²) in [7, 11) is 1.52. The number of allylic oxidation sites excluding steroid dienone is 23. The van der Waals surface area contributed by atoms with Gasteiger partial charge in [-0.1, -0.05) is 205 Å². The predicted molar refractivity (Wildman–Crippen MR) is 299 cm³/mol. The van der Waals surface area contributed by atoms with Crippen molar-refractivity contribution < 1.29 is 32.9 Å². The van der Waals surface area contributed by atoms with Gasteiger partial charge in [-0.15, -0.1) is 0 Å². The number of carbonyl (C=O) groups is 1. The molecule has 3 N–H and O–H groups in total. The number of quaternary nitrogens is 1. The van der Waals surface area contributed by atoms with E-state index in [1.807, 2.05) is 27.2 Å². The number of carbonyl (C=O) groups excluding carboxylic acids is 1. The third kappa shape index (κ3) is 52.0. The standard InChI is InChI=1S/C60H99N2O6P/c1-6-8-10-12-14-16-18-19-20-21-22-23-24-25-26-27-28-29-30-31-32-33-34-35-36-37-38-39-40-41-42-43-44-46-48-50-52-54-60(64)61-58(57-68-69(65,66)67-56-55-62(3,4)5)59(63)53-51-49-47-45-17-15-13-11-9-7-2/h8,10,14,16-17,19-20,22-23,25-26,28-29,31-32,34-35,37-38,40-41,45,51,53,58-59,63H,6-7,9,11-13,15,18,21,24,27,30,33,36,39,42-44,46-50,52,54-57H2,1-5H3,(H-,61,64,65,66)/p+1/b10-8-,16-14-,20-19-,23-22-,26-25-,29-28-,32-31-,35-34-,38-37-,41-40-,45-17+,53-51+. The van der Waals surface area contributed by atoms with Crippen LogP contribution in [0, 0.1) is 0 Å². The van der Waals surface area contributed by atoms with E-state index in [0.29, 0.717) is 17.4 Å². The summed E-state index contributed by atoms with van der Waals surface area (Å²) in [5, 5.41) is 13.8. The zero-order valence-electron chi connectivity index (χ0n) is 44.2. The van der Waals surface area contributed by atoms with Gasteiger partial charge in [-0.3, -0.25) is 13.8 Å². The molecule has 0 aliphatic heterocycles. The molecule has 0 spiro atoms. The zero-order valence-corrected chi connectivity index (χ0v) is 45.1. The molecule has 0 rings (SSSR count). The van der Waals surface area contributed by atoms with Gasteiger partial charge >= 0.3 is 7.82 Å². The van der Waals surface area contributed by atoms with Gasteiger partial charge in [0.15, 0.2) is 0 Å². The van der Waals surface area contributed by atoms with E-state index in [2.05, 4.69) is 153 Å². The lowest BCUT2D eigenvalue weighted by atomic mass is 10.1. The number of nitrogens with zero attached hydrogens (tertiary/aromatic N) is 1. The Kier molecular flexibility index (Phi) is 46.8. The molecule has 3 atom stereocenters. The molecule has 0 heterocycles. The molecule has 0 fully saturated rings. The van der Waals surface area contributed by atoms with E-state index in [0.717, 1.165) is 128 Å². The van der Waals surface area contributed by atoms with Gasteiger partial charge < -0.3 is 19.8 Å². The van der Waals surface area contributed by atoms with Crippen LogP contribution >= 0.6 is 7.82 Å². The highest BCUT2D eigenvalue weighted by Gasteiger charge is 2.27. The van der Waals surface area contributed by atoms with E-state index in [9.17, 15) is 19.4 Å². The van der Waals surface area contributed by atoms with Crippen molar-refractivity contribution in [2.45, 2.75) is 187 Å². The van der Waals surface area contributed by atoms with Crippen LogP contribution in [-0.2, 0) is 18.4 Å². The lowest BCUT2D eigenvalue weighted by Gasteiger charge is -2.25. The second kappa shape index (κ2) is 49.4. The van der Waals surface area contributed by atoms with E-state index in [-0.39, 0.29) is 19.1 Å². The number of likely N-dealkylation sites (N-methyl/N-ethyl adjacent to an activating group) is 1. The van der Waals surface area contributed by atoms with Gasteiger partial charge in [0, 0.05) is 6.42 Å². The van der Waals surface area contributed by atoms with Crippen LogP contribution in [0.25, 0.3) is 0 Å². The zero-order chi connectivity index (χ0) is 50.6. The van der Waals surface area contributed by atoms with Crippen molar-refractivity contribution in [1.29, 1.82) is 0 Å². The molecule has 0 aromatic heterocycles. The Hall–Kier alpha value is -3.62. The fourth-order valence-corrected chi connectivity index (χ4v) is 7.35. The Morgan fingerprint density at radius 2 is 0.884 bits per heavy atom. The van der Waals surface area contributed by atoms with Crippen molar-refractivity contribution in [1.82, 2.24) is 5.32 Å². The highest BCUT2D eigenvalue weighted by molar-refractivity contribution is 7.47. The lowest BCUT2D eigenvalue weighted by molar-refractivity contribution is -0.870. The Morgan fingerprint density at radius 1 is 0.507 bits per heavy atom. The third-order valence-corrected chi connectivity index (χ3v) is 11.8. The van der Waals surface area contributed by atoms with Crippen LogP contribution in [0.15, 0.2) is 146 Å². The molecular weight excluding hydrogens is 876 g/mol. The first kappa shape index (κ1) is 65.4. The first-order valence-corrected chi connectivity index (χ1v) is 28.2. The molecule has 0 aromatic rings. The number of nitrogens with one attached hydrogen (secondary N) is 1. The summed E-state index contributed by atoms with van der Waals surface area (Å²) >= 11 is 0. The van der Waals surface area contributed by atoms with E-state index < -0.39 is 20.0 Å². The number of aliphatic hydroxyl groups excluding tert-OH is 1. The highest BCUT2D eigenvalue weighted by Crippen LogP contribution is 2.43. The van der Waals surface area contributed by atoms with Gasteiger partial charge in [-0.05, 0) is 109 Å². The van der Waals surface area contributed by atoms with Crippen LogP contribution < -0.4 is 5.32 Å². The number of rotatable bonds is 46. The van der Waals surface area contributed by atoms with E-state index in [1.165, 1.54) is 25.7 Å². The molecule has 0 aromatic carbocycles. The Bertz CT molecular complexity index is 1620. The van der Waals surface area contributed by atoms with Crippen molar-refractivity contribution >= 4 is 13.7 Å². The molecule has 0 radical (unpaired) electrons. The molecule has 0 saturated heterocycles. The number of hydrogen-bond acceptors (Lipinski definition) is 5. The van der Waals surface area contributed by atoms with E-state index in [4.69, 9.17) is 9.05 Å². The predicted octanol–water partition coefficient (Wildman–Crippen LogP) is 16.1. The summed E-state index contributed by atoms with van der Waals surface area (Å²) < 4.78 is 23.5. The molecule has 390 valence electrons. The normalized spacial score (nSPS) is 15.2. The van der Waals surface area contributed by atoms with Gasteiger partial charge in [0.25, 0.3) is 0 Å². The van der Waals surface area contributed by atoms with Crippen LogP contribution in [0.3, 0.4) is 0 Å². The Balaban J connectivity index is 4.18. The maximum absolute atomic E-state index is 12.9. The van der Waals surface area contributed by atoms with Crippen LogP contribution in [0.1, 0.15) is 174 Å². The number of unbranched alkanes of at least 4 members (excludes halogenated alkanes) is 11.